The first-order valence-electron chi connectivity index (χ1n) is 4.40. The number of imidazole rings is 1. The first-order chi connectivity index (χ1) is 6.74. The molecule has 0 atom stereocenters. The zero-order chi connectivity index (χ0) is 10.1. The van der Waals surface area contributed by atoms with Crippen molar-refractivity contribution in [2.24, 2.45) is 5.73 Å². The van der Waals surface area contributed by atoms with E-state index in [2.05, 4.69) is 4.98 Å². The van der Waals surface area contributed by atoms with Crippen LogP contribution >= 0.6 is 0 Å². The van der Waals surface area contributed by atoms with E-state index in [9.17, 15) is 4.79 Å². The maximum atomic E-state index is 11.5. The minimum atomic E-state index is -0.0597. The van der Waals surface area contributed by atoms with Gasteiger partial charge in [0, 0.05) is 11.8 Å². The predicted molar refractivity (Wildman–Crippen MR) is 53.3 cm³/mol. The third-order valence-electron chi connectivity index (χ3n) is 2.24. The summed E-state index contributed by atoms with van der Waals surface area (Å²) in [5.41, 5.74) is 6.78. The summed E-state index contributed by atoms with van der Waals surface area (Å²) in [4.78, 5) is 15.6. The van der Waals surface area contributed by atoms with Crippen molar-refractivity contribution in [2.75, 3.05) is 6.54 Å². The standard InChI is InChI=1S/C10H11N3O/c1-7-12-6-9-8(10(14)5-11)3-2-4-13(7)9/h2-4,6H,5,11H2,1H3. The van der Waals surface area contributed by atoms with Crippen LogP contribution in [0.1, 0.15) is 16.2 Å². The van der Waals surface area contributed by atoms with Crippen LogP contribution in [0.3, 0.4) is 0 Å². The molecule has 2 rings (SSSR count). The lowest BCUT2D eigenvalue weighted by Crippen LogP contribution is -2.14. The van der Waals surface area contributed by atoms with Crippen LogP contribution in [0.2, 0.25) is 0 Å². The van der Waals surface area contributed by atoms with Crippen molar-refractivity contribution in [3.8, 4) is 0 Å². The largest absolute Gasteiger partial charge is 0.324 e. The summed E-state index contributed by atoms with van der Waals surface area (Å²) in [6.07, 6.45) is 3.57. The number of fused-ring (bicyclic) bond motifs is 1. The summed E-state index contributed by atoms with van der Waals surface area (Å²) < 4.78 is 1.88. The van der Waals surface area contributed by atoms with Crippen molar-refractivity contribution >= 4 is 11.3 Å². The molecule has 0 fully saturated rings. The van der Waals surface area contributed by atoms with Gasteiger partial charge in [0.25, 0.3) is 0 Å². The summed E-state index contributed by atoms with van der Waals surface area (Å²) >= 11 is 0. The Morgan fingerprint density at radius 2 is 2.43 bits per heavy atom. The summed E-state index contributed by atoms with van der Waals surface area (Å²) in [6.45, 7) is 1.92. The van der Waals surface area contributed by atoms with E-state index in [-0.39, 0.29) is 12.3 Å². The molecule has 4 heteroatoms. The number of carbonyl (C=O) groups is 1. The number of nitrogens with zero attached hydrogens (tertiary/aromatic N) is 2. The molecule has 0 aliphatic carbocycles. The van der Waals surface area contributed by atoms with E-state index in [1.54, 1.807) is 12.3 Å². The molecule has 14 heavy (non-hydrogen) atoms. The monoisotopic (exact) mass is 189 g/mol. The van der Waals surface area contributed by atoms with Crippen LogP contribution in [0.15, 0.2) is 24.5 Å². The van der Waals surface area contributed by atoms with E-state index in [4.69, 9.17) is 5.73 Å². The Morgan fingerprint density at radius 3 is 3.14 bits per heavy atom. The molecular formula is C10H11N3O. The highest BCUT2D eigenvalue weighted by Crippen LogP contribution is 2.12. The summed E-state index contributed by atoms with van der Waals surface area (Å²) in [5.74, 6) is 0.808. The molecule has 0 unspecified atom stereocenters. The van der Waals surface area contributed by atoms with Crippen LogP contribution in [0.25, 0.3) is 5.52 Å². The van der Waals surface area contributed by atoms with E-state index < -0.39 is 0 Å². The van der Waals surface area contributed by atoms with E-state index in [1.807, 2.05) is 23.6 Å². The van der Waals surface area contributed by atoms with E-state index in [0.29, 0.717) is 5.56 Å². The third kappa shape index (κ3) is 1.20. The second-order valence-electron chi connectivity index (χ2n) is 3.11. The highest BCUT2D eigenvalue weighted by Gasteiger charge is 2.09. The van der Waals surface area contributed by atoms with Crippen LogP contribution in [0, 0.1) is 6.92 Å². The van der Waals surface area contributed by atoms with Crippen molar-refractivity contribution in [1.29, 1.82) is 0 Å². The number of ketones is 1. The van der Waals surface area contributed by atoms with E-state index in [0.717, 1.165) is 11.3 Å². The lowest BCUT2D eigenvalue weighted by atomic mass is 10.1. The Balaban J connectivity index is 2.71. The zero-order valence-corrected chi connectivity index (χ0v) is 7.90. The molecule has 2 aromatic rings. The fraction of sp³-hybridized carbons (Fsp3) is 0.200. The van der Waals surface area contributed by atoms with E-state index in [1.165, 1.54) is 0 Å². The van der Waals surface area contributed by atoms with Gasteiger partial charge < -0.3 is 10.1 Å². The fourth-order valence-corrected chi connectivity index (χ4v) is 1.50. The van der Waals surface area contributed by atoms with Crippen LogP contribution < -0.4 is 5.73 Å². The third-order valence-corrected chi connectivity index (χ3v) is 2.24. The van der Waals surface area contributed by atoms with Crippen molar-refractivity contribution in [1.82, 2.24) is 9.38 Å². The molecule has 2 aromatic heterocycles. The number of hydrogen-bond acceptors (Lipinski definition) is 3. The van der Waals surface area contributed by atoms with Crippen LogP contribution in [-0.4, -0.2) is 21.7 Å². The van der Waals surface area contributed by atoms with Crippen molar-refractivity contribution < 1.29 is 4.79 Å². The van der Waals surface area contributed by atoms with Gasteiger partial charge in [0.2, 0.25) is 0 Å². The van der Waals surface area contributed by atoms with Gasteiger partial charge in [-0.3, -0.25) is 4.79 Å². The number of hydrogen-bond donors (Lipinski definition) is 1. The molecule has 72 valence electrons. The molecule has 0 aromatic carbocycles. The number of Topliss-reactive ketones (excluding diaryl/α,β-unsaturated/α-hetero) is 1. The van der Waals surface area contributed by atoms with Gasteiger partial charge in [-0.25, -0.2) is 4.98 Å². The summed E-state index contributed by atoms with van der Waals surface area (Å²) in [7, 11) is 0. The van der Waals surface area contributed by atoms with Gasteiger partial charge in [-0.2, -0.15) is 0 Å². The van der Waals surface area contributed by atoms with Gasteiger partial charge in [-0.15, -0.1) is 0 Å². The zero-order valence-electron chi connectivity index (χ0n) is 7.90. The Labute approximate surface area is 81.4 Å². The minimum Gasteiger partial charge on any atom is -0.324 e. The quantitative estimate of drug-likeness (QED) is 0.710. The molecule has 4 nitrogen and oxygen atoms in total. The average Bonchev–Trinajstić information content (AvgIpc) is 2.59. The fourth-order valence-electron chi connectivity index (χ4n) is 1.50. The molecular weight excluding hydrogens is 178 g/mol. The molecule has 0 saturated carbocycles. The first kappa shape index (κ1) is 8.90. The number of rotatable bonds is 2. The van der Waals surface area contributed by atoms with Crippen molar-refractivity contribution in [3.05, 3.63) is 35.9 Å². The van der Waals surface area contributed by atoms with Gasteiger partial charge in [0.1, 0.15) is 5.82 Å². The van der Waals surface area contributed by atoms with Crippen molar-refractivity contribution in [3.63, 3.8) is 0 Å². The molecule has 2 heterocycles. The van der Waals surface area contributed by atoms with Gasteiger partial charge in [-0.05, 0) is 19.1 Å². The maximum absolute atomic E-state index is 11.5. The normalized spacial score (nSPS) is 10.7. The van der Waals surface area contributed by atoms with E-state index >= 15 is 0 Å². The van der Waals surface area contributed by atoms with Gasteiger partial charge >= 0.3 is 0 Å². The van der Waals surface area contributed by atoms with Gasteiger partial charge in [0.05, 0.1) is 18.3 Å². The van der Waals surface area contributed by atoms with Crippen molar-refractivity contribution in [2.45, 2.75) is 6.92 Å². The number of pyridine rings is 1. The average molecular weight is 189 g/mol. The van der Waals surface area contributed by atoms with Crippen LogP contribution in [0.5, 0.6) is 0 Å². The first-order valence-corrected chi connectivity index (χ1v) is 4.40. The molecule has 0 spiro atoms. The van der Waals surface area contributed by atoms with Crippen LogP contribution in [-0.2, 0) is 0 Å². The Kier molecular flexibility index (Phi) is 2.05. The number of aromatic nitrogens is 2. The van der Waals surface area contributed by atoms with Crippen LogP contribution in [0.4, 0.5) is 0 Å². The lowest BCUT2D eigenvalue weighted by molar-refractivity contribution is 0.100. The summed E-state index contributed by atoms with van der Waals surface area (Å²) in [6, 6.07) is 3.59. The highest BCUT2D eigenvalue weighted by molar-refractivity contribution is 6.03. The SMILES string of the molecule is Cc1ncc2c(C(=O)CN)cccn12. The summed E-state index contributed by atoms with van der Waals surface area (Å²) in [5, 5.41) is 0. The molecule has 2 N–H and O–H groups in total. The van der Waals surface area contributed by atoms with Gasteiger partial charge in [0.15, 0.2) is 5.78 Å². The number of carbonyl (C=O) groups excluding carboxylic acids is 1. The molecule has 0 bridgehead atoms. The second-order valence-corrected chi connectivity index (χ2v) is 3.11. The molecule has 0 aliphatic heterocycles. The minimum absolute atomic E-state index is 0.0316. The molecule has 0 radical (unpaired) electrons. The Bertz CT molecular complexity index is 487. The number of aryl methyl sites for hydroxylation is 1. The Morgan fingerprint density at radius 1 is 1.64 bits per heavy atom. The predicted octanol–water partition coefficient (Wildman–Crippen LogP) is 0.784. The highest BCUT2D eigenvalue weighted by atomic mass is 16.1. The second kappa shape index (κ2) is 3.23. The molecule has 0 aliphatic rings. The molecule has 0 amide bonds. The number of nitrogens with two attached hydrogens (primary N) is 1. The maximum Gasteiger partial charge on any atom is 0.178 e. The van der Waals surface area contributed by atoms with Gasteiger partial charge in [-0.1, -0.05) is 0 Å². The molecule has 0 saturated heterocycles. The smallest absolute Gasteiger partial charge is 0.178 e. The lowest BCUT2D eigenvalue weighted by Gasteiger charge is -2.01. The topological polar surface area (TPSA) is 60.4 Å². The Hall–Kier alpha value is -1.68.